The maximum absolute atomic E-state index is 13.2. The number of rotatable bonds is 3. The molecule has 0 saturated carbocycles. The number of amides is 1. The monoisotopic (exact) mass is 424 g/mol. The van der Waals surface area contributed by atoms with Crippen LogP contribution in [0.4, 0.5) is 0 Å². The lowest BCUT2D eigenvalue weighted by molar-refractivity contribution is 0.0712. The van der Waals surface area contributed by atoms with Crippen LogP contribution in [0.1, 0.15) is 72.1 Å². The van der Waals surface area contributed by atoms with Gasteiger partial charge in [0.2, 0.25) is 0 Å². The van der Waals surface area contributed by atoms with Crippen LogP contribution in [0.3, 0.4) is 0 Å². The van der Waals surface area contributed by atoms with E-state index in [1.165, 1.54) is 5.56 Å². The smallest absolute Gasteiger partial charge is 0.253 e. The molecule has 2 aliphatic rings. The van der Waals surface area contributed by atoms with Crippen LogP contribution in [0.15, 0.2) is 66.7 Å². The molecule has 1 fully saturated rings. The molecule has 0 bridgehead atoms. The van der Waals surface area contributed by atoms with E-state index in [2.05, 4.69) is 12.1 Å². The Bertz CT molecular complexity index is 1240. The average Bonchev–Trinajstić information content (AvgIpc) is 2.86. The highest BCUT2D eigenvalue weighted by Gasteiger charge is 2.31. The highest BCUT2D eigenvalue weighted by atomic mass is 16.2. The lowest BCUT2D eigenvalue weighted by atomic mass is 9.83. The molecule has 1 heterocycles. The summed E-state index contributed by atoms with van der Waals surface area (Å²) in [4.78, 5) is 40.8. The van der Waals surface area contributed by atoms with Gasteiger partial charge >= 0.3 is 0 Å². The van der Waals surface area contributed by atoms with Crippen LogP contribution < -0.4 is 5.73 Å². The van der Waals surface area contributed by atoms with Gasteiger partial charge in [-0.1, -0.05) is 48.5 Å². The third-order valence-corrected chi connectivity index (χ3v) is 6.61. The number of fused-ring (bicyclic) bond motifs is 2. The van der Waals surface area contributed by atoms with Gasteiger partial charge in [0.25, 0.3) is 5.91 Å². The van der Waals surface area contributed by atoms with Crippen molar-refractivity contribution in [2.75, 3.05) is 13.1 Å². The number of carbonyl (C=O) groups excluding carboxylic acids is 3. The summed E-state index contributed by atoms with van der Waals surface area (Å²) < 4.78 is 0. The van der Waals surface area contributed by atoms with Gasteiger partial charge in [-0.05, 0) is 48.1 Å². The van der Waals surface area contributed by atoms with Crippen LogP contribution in [0.2, 0.25) is 0 Å². The number of hydrogen-bond donors (Lipinski definition) is 1. The minimum Gasteiger partial charge on any atom is -0.339 e. The fourth-order valence-corrected chi connectivity index (χ4v) is 4.80. The van der Waals surface area contributed by atoms with Crippen molar-refractivity contribution in [3.05, 3.63) is 106 Å². The predicted molar refractivity (Wildman–Crippen MR) is 122 cm³/mol. The molecule has 0 atom stereocenters. The van der Waals surface area contributed by atoms with Crippen molar-refractivity contribution in [2.45, 2.75) is 25.3 Å². The van der Waals surface area contributed by atoms with Gasteiger partial charge in [-0.2, -0.15) is 0 Å². The van der Waals surface area contributed by atoms with Crippen molar-refractivity contribution in [1.82, 2.24) is 4.90 Å². The Morgan fingerprint density at radius 1 is 0.812 bits per heavy atom. The average molecular weight is 425 g/mol. The van der Waals surface area contributed by atoms with E-state index in [9.17, 15) is 14.4 Å². The minimum atomic E-state index is -0.205. The Morgan fingerprint density at radius 2 is 1.47 bits per heavy atom. The van der Waals surface area contributed by atoms with Crippen LogP contribution in [-0.2, 0) is 6.54 Å². The Morgan fingerprint density at radius 3 is 2.16 bits per heavy atom. The molecule has 0 unspecified atom stereocenters. The highest BCUT2D eigenvalue weighted by Crippen LogP contribution is 2.31. The molecule has 1 saturated heterocycles. The molecule has 0 radical (unpaired) electrons. The van der Waals surface area contributed by atoms with Crippen molar-refractivity contribution in [3.63, 3.8) is 0 Å². The number of likely N-dealkylation sites (tertiary alicyclic amines) is 1. The molecule has 0 aromatic heterocycles. The van der Waals surface area contributed by atoms with Crippen LogP contribution in [0, 0.1) is 0 Å². The number of nitrogens with two attached hydrogens (primary N) is 1. The molecule has 2 N–H and O–H groups in total. The molecule has 160 valence electrons. The van der Waals surface area contributed by atoms with E-state index in [0.29, 0.717) is 53.4 Å². The van der Waals surface area contributed by atoms with Crippen LogP contribution in [0.25, 0.3) is 0 Å². The largest absolute Gasteiger partial charge is 0.339 e. The first-order valence-corrected chi connectivity index (χ1v) is 11.0. The van der Waals surface area contributed by atoms with Crippen molar-refractivity contribution >= 4 is 17.5 Å². The van der Waals surface area contributed by atoms with E-state index >= 15 is 0 Å². The Balaban J connectivity index is 1.34. The van der Waals surface area contributed by atoms with Gasteiger partial charge < -0.3 is 10.6 Å². The standard InChI is InChI=1S/C27H24N2O3/c28-16-17-4-3-5-19(14-17)18-10-12-29(13-11-18)27(32)20-8-9-23-24(15-20)26(31)22-7-2-1-6-21(22)25(23)30/h1-9,14-15,18H,10-13,16,28H2. The number of carbonyl (C=O) groups is 3. The molecule has 3 aromatic carbocycles. The van der Waals surface area contributed by atoms with E-state index < -0.39 is 0 Å². The summed E-state index contributed by atoms with van der Waals surface area (Å²) in [6, 6.07) is 20.1. The first-order valence-electron chi connectivity index (χ1n) is 11.0. The quantitative estimate of drug-likeness (QED) is 0.540. The summed E-state index contributed by atoms with van der Waals surface area (Å²) >= 11 is 0. The summed E-state index contributed by atoms with van der Waals surface area (Å²) in [5.74, 6) is -0.0658. The normalized spacial score (nSPS) is 16.0. The fourth-order valence-electron chi connectivity index (χ4n) is 4.80. The molecule has 32 heavy (non-hydrogen) atoms. The lowest BCUT2D eigenvalue weighted by Gasteiger charge is -2.32. The number of piperidine rings is 1. The van der Waals surface area contributed by atoms with E-state index in [1.54, 1.807) is 42.5 Å². The van der Waals surface area contributed by atoms with Crippen LogP contribution in [-0.4, -0.2) is 35.5 Å². The molecular weight excluding hydrogens is 400 g/mol. The summed E-state index contributed by atoms with van der Waals surface area (Å²) in [7, 11) is 0. The van der Waals surface area contributed by atoms with Gasteiger partial charge in [-0.15, -0.1) is 0 Å². The second-order valence-corrected chi connectivity index (χ2v) is 8.48. The molecule has 0 spiro atoms. The SMILES string of the molecule is NCc1cccc(C2CCN(C(=O)c3ccc4c(c3)C(=O)c3ccccc3C4=O)CC2)c1. The summed E-state index contributed by atoms with van der Waals surface area (Å²) in [6.07, 6.45) is 1.77. The Hall–Kier alpha value is -3.57. The van der Waals surface area contributed by atoms with Crippen molar-refractivity contribution < 1.29 is 14.4 Å². The number of nitrogens with zero attached hydrogens (tertiary/aromatic N) is 1. The van der Waals surface area contributed by atoms with Crippen LogP contribution in [0.5, 0.6) is 0 Å². The third-order valence-electron chi connectivity index (χ3n) is 6.61. The molecule has 5 rings (SSSR count). The van der Waals surface area contributed by atoms with E-state index in [4.69, 9.17) is 5.73 Å². The Kier molecular flexibility index (Phi) is 5.19. The fraction of sp³-hybridized carbons (Fsp3) is 0.222. The summed E-state index contributed by atoms with van der Waals surface area (Å²) in [5, 5.41) is 0. The van der Waals surface area contributed by atoms with Gasteiger partial charge in [0.15, 0.2) is 11.6 Å². The van der Waals surface area contributed by atoms with Gasteiger partial charge in [0.05, 0.1) is 0 Å². The van der Waals surface area contributed by atoms with Crippen molar-refractivity contribution in [1.29, 1.82) is 0 Å². The lowest BCUT2D eigenvalue weighted by Crippen LogP contribution is -2.38. The molecule has 5 heteroatoms. The summed E-state index contributed by atoms with van der Waals surface area (Å²) in [6.45, 7) is 1.83. The van der Waals surface area contributed by atoms with E-state index in [0.717, 1.165) is 18.4 Å². The van der Waals surface area contributed by atoms with Crippen LogP contribution >= 0.6 is 0 Å². The molecule has 5 nitrogen and oxygen atoms in total. The first kappa shape index (κ1) is 20.3. The molecule has 1 aliphatic carbocycles. The third kappa shape index (κ3) is 3.45. The second-order valence-electron chi connectivity index (χ2n) is 8.48. The maximum Gasteiger partial charge on any atom is 0.253 e. The highest BCUT2D eigenvalue weighted by molar-refractivity contribution is 6.28. The Labute approximate surface area is 186 Å². The first-order chi connectivity index (χ1) is 15.6. The minimum absolute atomic E-state index is 0.0962. The zero-order chi connectivity index (χ0) is 22.2. The molecule has 1 amide bonds. The van der Waals surface area contributed by atoms with E-state index in [-0.39, 0.29) is 17.5 Å². The zero-order valence-electron chi connectivity index (χ0n) is 17.7. The topological polar surface area (TPSA) is 80.5 Å². The molecule has 1 aliphatic heterocycles. The number of ketones is 2. The van der Waals surface area contributed by atoms with Gasteiger partial charge in [-0.25, -0.2) is 0 Å². The molecule has 3 aromatic rings. The van der Waals surface area contributed by atoms with Crippen molar-refractivity contribution in [2.24, 2.45) is 5.73 Å². The maximum atomic E-state index is 13.2. The van der Waals surface area contributed by atoms with Gasteiger partial charge in [0, 0.05) is 47.5 Å². The van der Waals surface area contributed by atoms with Gasteiger partial charge in [-0.3, -0.25) is 14.4 Å². The number of hydrogen-bond acceptors (Lipinski definition) is 4. The second kappa shape index (κ2) is 8.17. The predicted octanol–water partition coefficient (Wildman–Crippen LogP) is 3.94. The van der Waals surface area contributed by atoms with Gasteiger partial charge in [0.1, 0.15) is 0 Å². The molecular formula is C27H24N2O3. The summed E-state index contributed by atoms with van der Waals surface area (Å²) in [5.41, 5.74) is 10.1. The number of benzene rings is 3. The van der Waals surface area contributed by atoms with Crippen molar-refractivity contribution in [3.8, 4) is 0 Å². The zero-order valence-corrected chi connectivity index (χ0v) is 17.7. The van der Waals surface area contributed by atoms with E-state index in [1.807, 2.05) is 17.0 Å².